The fourth-order valence-electron chi connectivity index (χ4n) is 4.38. The molecular formula is C23H23N5O4. The molecule has 0 spiro atoms. The van der Waals surface area contributed by atoms with Gasteiger partial charge in [0, 0.05) is 30.5 Å². The van der Waals surface area contributed by atoms with Crippen molar-refractivity contribution in [1.82, 2.24) is 19.9 Å². The van der Waals surface area contributed by atoms with E-state index >= 15 is 0 Å². The number of benzene rings is 1. The number of pyridine rings is 1. The van der Waals surface area contributed by atoms with Crippen LogP contribution in [0, 0.1) is 5.92 Å². The largest absolute Gasteiger partial charge is 0.488 e. The minimum absolute atomic E-state index is 0.00695. The van der Waals surface area contributed by atoms with Crippen LogP contribution >= 0.6 is 0 Å². The number of carbonyl (C=O) groups excluding carboxylic acids is 2. The minimum atomic E-state index is -0.224. The highest BCUT2D eigenvalue weighted by atomic mass is 16.5. The number of amides is 2. The first-order valence-corrected chi connectivity index (χ1v) is 10.9. The lowest BCUT2D eigenvalue weighted by Crippen LogP contribution is -2.26. The molecule has 2 atom stereocenters. The van der Waals surface area contributed by atoms with Crippen LogP contribution in [0.1, 0.15) is 32.2 Å². The van der Waals surface area contributed by atoms with Crippen molar-refractivity contribution in [3.05, 3.63) is 30.6 Å². The summed E-state index contributed by atoms with van der Waals surface area (Å²) >= 11 is 0. The van der Waals surface area contributed by atoms with Crippen LogP contribution in [0.25, 0.3) is 22.3 Å². The monoisotopic (exact) mass is 433 g/mol. The summed E-state index contributed by atoms with van der Waals surface area (Å²) in [7, 11) is 0. The van der Waals surface area contributed by atoms with Crippen LogP contribution in [0.2, 0.25) is 0 Å². The van der Waals surface area contributed by atoms with E-state index in [4.69, 9.17) is 9.47 Å². The van der Waals surface area contributed by atoms with Crippen molar-refractivity contribution in [3.8, 4) is 22.8 Å². The predicted molar refractivity (Wildman–Crippen MR) is 117 cm³/mol. The number of anilines is 1. The van der Waals surface area contributed by atoms with Gasteiger partial charge in [0.2, 0.25) is 5.91 Å². The predicted octanol–water partition coefficient (Wildman–Crippen LogP) is 2.67. The molecule has 1 saturated heterocycles. The zero-order chi connectivity index (χ0) is 21.8. The molecule has 2 aliphatic heterocycles. The number of nitrogens with one attached hydrogen (secondary N) is 2. The fourth-order valence-corrected chi connectivity index (χ4v) is 4.38. The average Bonchev–Trinajstić information content (AvgIpc) is 3.38. The van der Waals surface area contributed by atoms with Crippen LogP contribution in [0.3, 0.4) is 0 Å². The quantitative estimate of drug-likeness (QED) is 0.641. The summed E-state index contributed by atoms with van der Waals surface area (Å²) in [6.45, 7) is 2.62. The molecule has 2 amide bonds. The molecule has 2 fully saturated rings. The van der Waals surface area contributed by atoms with Gasteiger partial charge in [0.1, 0.15) is 17.4 Å². The summed E-state index contributed by atoms with van der Waals surface area (Å²) in [6, 6.07) is 8.09. The SMILES string of the molecule is CC(Oc1cc(-c2ccc3c(n2)NC(=O)CO3)cc2ncn(C3CC3)c12)C1CNC(=O)C1. The zero-order valence-electron chi connectivity index (χ0n) is 17.6. The lowest BCUT2D eigenvalue weighted by atomic mass is 10.0. The van der Waals surface area contributed by atoms with Crippen molar-refractivity contribution in [3.63, 3.8) is 0 Å². The number of hydrogen-bond donors (Lipinski definition) is 2. The molecule has 9 heteroatoms. The van der Waals surface area contributed by atoms with E-state index in [1.807, 2.05) is 37.5 Å². The van der Waals surface area contributed by atoms with Gasteiger partial charge < -0.3 is 24.7 Å². The first-order valence-electron chi connectivity index (χ1n) is 10.9. The number of fused-ring (bicyclic) bond motifs is 2. The molecule has 164 valence electrons. The zero-order valence-corrected chi connectivity index (χ0v) is 17.6. The van der Waals surface area contributed by atoms with Crippen LogP contribution in [0.15, 0.2) is 30.6 Å². The number of rotatable bonds is 5. The molecule has 1 saturated carbocycles. The topological polar surface area (TPSA) is 107 Å². The minimum Gasteiger partial charge on any atom is -0.488 e. The maximum absolute atomic E-state index is 11.7. The highest BCUT2D eigenvalue weighted by Crippen LogP contribution is 2.42. The van der Waals surface area contributed by atoms with Gasteiger partial charge >= 0.3 is 0 Å². The molecule has 0 radical (unpaired) electrons. The summed E-state index contributed by atoms with van der Waals surface area (Å²) in [4.78, 5) is 32.6. The van der Waals surface area contributed by atoms with Crippen molar-refractivity contribution in [2.75, 3.05) is 18.5 Å². The molecule has 2 N–H and O–H groups in total. The molecule has 1 aliphatic carbocycles. The number of nitrogens with zero attached hydrogens (tertiary/aromatic N) is 3. The van der Waals surface area contributed by atoms with E-state index in [0.717, 1.165) is 35.2 Å². The standard InChI is InChI=1S/C23H23N5O4/c1-12(14-8-20(29)24-9-14)32-19-7-13(6-17-22(19)28(11-25-17)15-2-3-15)16-4-5-18-23(26-16)27-21(30)10-31-18/h4-7,11-12,14-15H,2-3,8-10H2,1H3,(H,24,29)(H,26,27,30). The number of imidazole rings is 1. The van der Waals surface area contributed by atoms with Crippen LogP contribution in [0.4, 0.5) is 5.82 Å². The summed E-state index contributed by atoms with van der Waals surface area (Å²) < 4.78 is 14.1. The number of hydrogen-bond acceptors (Lipinski definition) is 6. The van der Waals surface area contributed by atoms with Gasteiger partial charge in [0.15, 0.2) is 18.2 Å². The van der Waals surface area contributed by atoms with Gasteiger partial charge in [-0.05, 0) is 44.0 Å². The highest BCUT2D eigenvalue weighted by Gasteiger charge is 2.31. The van der Waals surface area contributed by atoms with Crippen molar-refractivity contribution < 1.29 is 19.1 Å². The Morgan fingerprint density at radius 3 is 2.88 bits per heavy atom. The molecule has 6 rings (SSSR count). The lowest BCUT2D eigenvalue weighted by Gasteiger charge is -2.21. The Hall–Kier alpha value is -3.62. The molecule has 1 aromatic carbocycles. The van der Waals surface area contributed by atoms with Crippen LogP contribution in [-0.4, -0.2) is 45.6 Å². The maximum atomic E-state index is 11.7. The van der Waals surface area contributed by atoms with Crippen molar-refractivity contribution in [2.24, 2.45) is 5.92 Å². The van der Waals surface area contributed by atoms with E-state index in [9.17, 15) is 9.59 Å². The number of aromatic nitrogens is 3. The average molecular weight is 433 g/mol. The van der Waals surface area contributed by atoms with Crippen molar-refractivity contribution >= 4 is 28.7 Å². The van der Waals surface area contributed by atoms with Gasteiger partial charge in [-0.1, -0.05) is 0 Å². The third-order valence-corrected chi connectivity index (χ3v) is 6.33. The van der Waals surface area contributed by atoms with E-state index in [-0.39, 0.29) is 30.4 Å². The Labute approximate surface area is 184 Å². The second kappa shape index (κ2) is 7.22. The fraction of sp³-hybridized carbons (Fsp3) is 0.391. The Balaban J connectivity index is 1.41. The number of ether oxygens (including phenoxy) is 2. The Bertz CT molecular complexity index is 1250. The first-order chi connectivity index (χ1) is 15.5. The van der Waals surface area contributed by atoms with Gasteiger partial charge in [0.25, 0.3) is 5.91 Å². The second-order valence-electron chi connectivity index (χ2n) is 8.70. The Morgan fingerprint density at radius 1 is 1.22 bits per heavy atom. The maximum Gasteiger partial charge on any atom is 0.263 e. The van der Waals surface area contributed by atoms with Crippen molar-refractivity contribution in [2.45, 2.75) is 38.3 Å². The summed E-state index contributed by atoms with van der Waals surface area (Å²) in [6.07, 6.45) is 4.47. The normalized spacial score (nSPS) is 21.0. The molecule has 9 nitrogen and oxygen atoms in total. The summed E-state index contributed by atoms with van der Waals surface area (Å²) in [5, 5.41) is 5.64. The van der Waals surface area contributed by atoms with Gasteiger partial charge in [-0.2, -0.15) is 0 Å². The molecule has 2 aromatic heterocycles. The number of carbonyl (C=O) groups is 2. The van der Waals surface area contributed by atoms with Gasteiger partial charge in [-0.15, -0.1) is 0 Å². The summed E-state index contributed by atoms with van der Waals surface area (Å²) in [5.74, 6) is 1.65. The van der Waals surface area contributed by atoms with Gasteiger partial charge in [-0.25, -0.2) is 9.97 Å². The van der Waals surface area contributed by atoms with E-state index in [2.05, 4.69) is 25.2 Å². The second-order valence-corrected chi connectivity index (χ2v) is 8.70. The molecule has 0 bridgehead atoms. The van der Waals surface area contributed by atoms with E-state index in [0.29, 0.717) is 36.3 Å². The lowest BCUT2D eigenvalue weighted by molar-refractivity contribution is -0.120. The van der Waals surface area contributed by atoms with Crippen molar-refractivity contribution in [1.29, 1.82) is 0 Å². The van der Waals surface area contributed by atoms with E-state index < -0.39 is 0 Å². The van der Waals surface area contributed by atoms with Gasteiger partial charge in [-0.3, -0.25) is 9.59 Å². The molecular weight excluding hydrogens is 410 g/mol. The third kappa shape index (κ3) is 3.34. The van der Waals surface area contributed by atoms with E-state index in [1.54, 1.807) is 0 Å². The molecule has 3 aliphatic rings. The molecule has 32 heavy (non-hydrogen) atoms. The summed E-state index contributed by atoms with van der Waals surface area (Å²) in [5.41, 5.74) is 3.32. The Kier molecular flexibility index (Phi) is 4.31. The molecule has 3 aromatic rings. The third-order valence-electron chi connectivity index (χ3n) is 6.33. The molecule has 4 heterocycles. The van der Waals surface area contributed by atoms with Crippen LogP contribution in [0.5, 0.6) is 11.5 Å². The Morgan fingerprint density at radius 2 is 2.09 bits per heavy atom. The highest BCUT2D eigenvalue weighted by molar-refractivity contribution is 5.95. The smallest absolute Gasteiger partial charge is 0.263 e. The van der Waals surface area contributed by atoms with Gasteiger partial charge in [0.05, 0.1) is 17.5 Å². The first kappa shape index (κ1) is 19.1. The van der Waals surface area contributed by atoms with Crippen LogP contribution in [-0.2, 0) is 9.59 Å². The van der Waals surface area contributed by atoms with Crippen LogP contribution < -0.4 is 20.1 Å². The molecule has 2 unspecified atom stereocenters. The van der Waals surface area contributed by atoms with E-state index in [1.165, 1.54) is 0 Å².